The number of nitrogens with zero attached hydrogens (tertiary/aromatic N) is 3. The highest BCUT2D eigenvalue weighted by atomic mass is 127. The molecular weight excluding hydrogens is 513 g/mol. The fourth-order valence-corrected chi connectivity index (χ4v) is 3.67. The number of nitrogens with one attached hydrogen (secondary N) is 1. The molecule has 0 saturated carbocycles. The molecule has 2 fully saturated rings. The highest BCUT2D eigenvalue weighted by Gasteiger charge is 2.33. The van der Waals surface area contributed by atoms with Gasteiger partial charge in [-0.2, -0.15) is 0 Å². The SMILES string of the molecule is CCOC(=O)N1CCC(NC(N)=NCC2(C)CCN(C(=O)OC(C)(C)C)CC2)CC1.I. The molecule has 0 aromatic rings. The molecule has 9 nitrogen and oxygen atoms in total. The summed E-state index contributed by atoms with van der Waals surface area (Å²) in [5.74, 6) is 0.445. The third kappa shape index (κ3) is 9.28. The van der Waals surface area contributed by atoms with E-state index >= 15 is 0 Å². The van der Waals surface area contributed by atoms with Gasteiger partial charge in [0.1, 0.15) is 5.60 Å². The van der Waals surface area contributed by atoms with E-state index in [-0.39, 0.29) is 47.6 Å². The maximum absolute atomic E-state index is 12.2. The highest BCUT2D eigenvalue weighted by molar-refractivity contribution is 14.0. The lowest BCUT2D eigenvalue weighted by atomic mass is 9.80. The van der Waals surface area contributed by atoms with E-state index in [1.54, 1.807) is 9.80 Å². The van der Waals surface area contributed by atoms with Crippen LogP contribution in [0.2, 0.25) is 0 Å². The van der Waals surface area contributed by atoms with Crippen LogP contribution in [0.3, 0.4) is 0 Å². The van der Waals surface area contributed by atoms with Crippen LogP contribution in [0.25, 0.3) is 0 Å². The molecule has 0 aromatic heterocycles. The van der Waals surface area contributed by atoms with Gasteiger partial charge in [0.05, 0.1) is 6.61 Å². The van der Waals surface area contributed by atoms with E-state index in [1.807, 2.05) is 27.7 Å². The van der Waals surface area contributed by atoms with Gasteiger partial charge in [-0.15, -0.1) is 24.0 Å². The molecule has 0 aromatic carbocycles. The number of aliphatic imine (C=N–C) groups is 1. The van der Waals surface area contributed by atoms with E-state index < -0.39 is 5.60 Å². The average Bonchev–Trinajstić information content (AvgIpc) is 2.66. The summed E-state index contributed by atoms with van der Waals surface area (Å²) < 4.78 is 10.5. The van der Waals surface area contributed by atoms with E-state index in [4.69, 9.17) is 15.2 Å². The standard InChI is InChI=1S/C21H39N5O4.HI/c1-6-29-18(27)25-11-7-16(8-12-25)24-17(22)23-15-21(5)9-13-26(14-10-21)19(28)30-20(2,3)4;/h16H,6-15H2,1-5H3,(H3,22,23,24);1H. The smallest absolute Gasteiger partial charge is 0.410 e. The molecule has 180 valence electrons. The van der Waals surface area contributed by atoms with Gasteiger partial charge in [-0.25, -0.2) is 9.59 Å². The van der Waals surface area contributed by atoms with Gasteiger partial charge >= 0.3 is 12.2 Å². The second kappa shape index (κ2) is 12.0. The first-order valence-electron chi connectivity index (χ1n) is 11.0. The lowest BCUT2D eigenvalue weighted by Gasteiger charge is -2.39. The van der Waals surface area contributed by atoms with Gasteiger partial charge in [-0.3, -0.25) is 4.99 Å². The van der Waals surface area contributed by atoms with E-state index in [9.17, 15) is 9.59 Å². The van der Waals surface area contributed by atoms with Gasteiger partial charge < -0.3 is 30.3 Å². The molecule has 2 amide bonds. The zero-order chi connectivity index (χ0) is 22.4. The Bertz CT molecular complexity index is 622. The zero-order valence-corrected chi connectivity index (χ0v) is 21.9. The first-order chi connectivity index (χ1) is 14.0. The number of piperidine rings is 2. The molecule has 0 unspecified atom stereocenters. The van der Waals surface area contributed by atoms with Gasteiger partial charge in [-0.1, -0.05) is 6.92 Å². The average molecular weight is 553 g/mol. The van der Waals surface area contributed by atoms with E-state index in [1.165, 1.54) is 0 Å². The van der Waals surface area contributed by atoms with Crippen molar-refractivity contribution in [1.29, 1.82) is 0 Å². The number of likely N-dealkylation sites (tertiary alicyclic amines) is 2. The minimum absolute atomic E-state index is 0. The minimum Gasteiger partial charge on any atom is -0.450 e. The molecule has 2 heterocycles. The van der Waals surface area contributed by atoms with Crippen molar-refractivity contribution in [1.82, 2.24) is 15.1 Å². The Morgan fingerprint density at radius 1 is 1.10 bits per heavy atom. The van der Waals surface area contributed by atoms with Crippen molar-refractivity contribution in [2.75, 3.05) is 39.3 Å². The third-order valence-electron chi connectivity index (χ3n) is 5.63. The van der Waals surface area contributed by atoms with E-state index in [0.29, 0.717) is 45.3 Å². The molecule has 3 N–H and O–H groups in total. The lowest BCUT2D eigenvalue weighted by molar-refractivity contribution is 0.0127. The molecule has 0 spiro atoms. The van der Waals surface area contributed by atoms with Crippen LogP contribution < -0.4 is 11.1 Å². The van der Waals surface area contributed by atoms with Gasteiger partial charge in [0.2, 0.25) is 0 Å². The quantitative estimate of drug-likeness (QED) is 0.315. The number of amides is 2. The Balaban J connectivity index is 0.00000480. The van der Waals surface area contributed by atoms with Crippen LogP contribution in [0.1, 0.15) is 60.3 Å². The Labute approximate surface area is 203 Å². The normalized spacial score (nSPS) is 20.0. The summed E-state index contributed by atoms with van der Waals surface area (Å²) >= 11 is 0. The number of halogens is 1. The van der Waals surface area contributed by atoms with Crippen LogP contribution in [-0.4, -0.2) is 78.9 Å². The van der Waals surface area contributed by atoms with E-state index in [0.717, 1.165) is 25.7 Å². The first-order valence-corrected chi connectivity index (χ1v) is 11.0. The molecule has 2 rings (SSSR count). The van der Waals surface area contributed by atoms with Crippen LogP contribution in [0, 0.1) is 5.41 Å². The predicted octanol–water partition coefficient (Wildman–Crippen LogP) is 3.17. The van der Waals surface area contributed by atoms with Crippen molar-refractivity contribution in [2.45, 2.75) is 71.9 Å². The summed E-state index contributed by atoms with van der Waals surface area (Å²) in [5, 5.41) is 3.28. The topological polar surface area (TPSA) is 109 Å². The molecule has 2 aliphatic rings. The molecular formula is C21H40IN5O4. The summed E-state index contributed by atoms with van der Waals surface area (Å²) in [7, 11) is 0. The van der Waals surface area contributed by atoms with Crippen LogP contribution in [0.15, 0.2) is 4.99 Å². The highest BCUT2D eigenvalue weighted by Crippen LogP contribution is 2.31. The minimum atomic E-state index is -0.477. The van der Waals surface area contributed by atoms with Crippen LogP contribution in [0.4, 0.5) is 9.59 Å². The Morgan fingerprint density at radius 3 is 2.16 bits per heavy atom. The molecule has 31 heavy (non-hydrogen) atoms. The molecule has 0 aliphatic carbocycles. The first kappa shape index (κ1) is 27.6. The van der Waals surface area contributed by atoms with Crippen LogP contribution in [-0.2, 0) is 9.47 Å². The number of nitrogens with two attached hydrogens (primary N) is 1. The second-order valence-electron chi connectivity index (χ2n) is 9.58. The second-order valence-corrected chi connectivity index (χ2v) is 9.58. The van der Waals surface area contributed by atoms with Crippen LogP contribution >= 0.6 is 24.0 Å². The van der Waals surface area contributed by atoms with Crippen molar-refractivity contribution >= 4 is 42.1 Å². The number of carbonyl (C=O) groups is 2. The third-order valence-corrected chi connectivity index (χ3v) is 5.63. The molecule has 2 aliphatic heterocycles. The zero-order valence-electron chi connectivity index (χ0n) is 19.6. The maximum Gasteiger partial charge on any atom is 0.410 e. The Hall–Kier alpha value is -1.46. The number of ether oxygens (including phenoxy) is 2. The number of carbonyl (C=O) groups excluding carboxylic acids is 2. The van der Waals surface area contributed by atoms with Crippen molar-refractivity contribution in [2.24, 2.45) is 16.1 Å². The summed E-state index contributed by atoms with van der Waals surface area (Å²) in [6.07, 6.45) is 2.86. The largest absolute Gasteiger partial charge is 0.450 e. The van der Waals surface area contributed by atoms with Gasteiger partial charge in [0, 0.05) is 38.8 Å². The molecule has 10 heteroatoms. The number of rotatable bonds is 4. The van der Waals surface area contributed by atoms with Crippen molar-refractivity contribution < 1.29 is 19.1 Å². The predicted molar refractivity (Wildman–Crippen MR) is 132 cm³/mol. The number of guanidine groups is 1. The molecule has 0 atom stereocenters. The van der Waals surface area contributed by atoms with Gasteiger partial charge in [0.15, 0.2) is 5.96 Å². The monoisotopic (exact) mass is 553 g/mol. The molecule has 0 radical (unpaired) electrons. The Kier molecular flexibility index (Phi) is 10.6. The van der Waals surface area contributed by atoms with Gasteiger partial charge in [0.25, 0.3) is 0 Å². The number of hydrogen-bond acceptors (Lipinski definition) is 5. The van der Waals surface area contributed by atoms with Gasteiger partial charge in [-0.05, 0) is 58.8 Å². The fourth-order valence-electron chi connectivity index (χ4n) is 3.67. The van der Waals surface area contributed by atoms with Crippen molar-refractivity contribution in [3.63, 3.8) is 0 Å². The Morgan fingerprint density at radius 2 is 1.65 bits per heavy atom. The molecule has 0 bridgehead atoms. The van der Waals surface area contributed by atoms with Crippen LogP contribution in [0.5, 0.6) is 0 Å². The fraction of sp³-hybridized carbons (Fsp3) is 0.857. The van der Waals surface area contributed by atoms with E-state index in [2.05, 4.69) is 17.2 Å². The number of hydrogen-bond donors (Lipinski definition) is 2. The maximum atomic E-state index is 12.2. The van der Waals surface area contributed by atoms with Crippen molar-refractivity contribution in [3.8, 4) is 0 Å². The molecule has 2 saturated heterocycles. The summed E-state index contributed by atoms with van der Waals surface area (Å²) in [4.78, 5) is 32.1. The lowest BCUT2D eigenvalue weighted by Crippen LogP contribution is -2.49. The summed E-state index contributed by atoms with van der Waals surface area (Å²) in [5.41, 5.74) is 5.65. The van der Waals surface area contributed by atoms with Crippen molar-refractivity contribution in [3.05, 3.63) is 0 Å². The summed E-state index contributed by atoms with van der Waals surface area (Å²) in [6.45, 7) is 13.3. The summed E-state index contributed by atoms with van der Waals surface area (Å²) in [6, 6.07) is 0.209.